The summed E-state index contributed by atoms with van der Waals surface area (Å²) in [5.41, 5.74) is 23.8. The number of hydrogen-bond donors (Lipinski definition) is 0. The maximum Gasteiger partial charge on any atom is 0.212 e. The highest BCUT2D eigenvalue weighted by Crippen LogP contribution is 2.32. The van der Waals surface area contributed by atoms with Gasteiger partial charge < -0.3 is 0 Å². The molecule has 5 aromatic carbocycles. The smallest absolute Gasteiger partial charge is 0.201 e. The summed E-state index contributed by atoms with van der Waals surface area (Å²) in [6.45, 7) is 36.0. The Kier molecular flexibility index (Phi) is 23.2. The van der Waals surface area contributed by atoms with Gasteiger partial charge in [0.2, 0.25) is 28.5 Å². The van der Waals surface area contributed by atoms with Crippen LogP contribution >= 0.6 is 0 Å². The van der Waals surface area contributed by atoms with Gasteiger partial charge in [-0.25, -0.2) is 22.8 Å². The van der Waals surface area contributed by atoms with Gasteiger partial charge in [0.25, 0.3) is 0 Å². The zero-order chi connectivity index (χ0) is 75.3. The molecule has 5 heteroatoms. The monoisotopic (exact) mass is 1260 g/mol. The van der Waals surface area contributed by atoms with Crippen molar-refractivity contribution < 1.29 is 32.4 Å². The first-order chi connectivity index (χ1) is 47.1. The average Bonchev–Trinajstić information content (AvgIpc) is 0.792. The SMILES string of the molecule is CCC(C)(CC)c1ccc(-c2ccccc2C)[n+](C)c1.Cc1ccccc1-c1ccc(C(C)(C)C)c[n+]1C.Cc1ccccc1-c1ccc(CC(C)C)c[n+]1C.[2H]C([2H])([2H])c1ccc(-c2ccc(C([2H])([2H])C(C)(C)C)c[n+]2C)c(C)c1.[2H]C([2H])(c1ccc(-c2ccccc2C)[n+](C)c1)C(C)C. The lowest BCUT2D eigenvalue weighted by Gasteiger charge is -2.26. The Morgan fingerprint density at radius 1 is 0.372 bits per heavy atom. The second-order valence-electron chi connectivity index (χ2n) is 28.8. The van der Waals surface area contributed by atoms with Crippen LogP contribution < -0.4 is 22.8 Å². The third-order valence-electron chi connectivity index (χ3n) is 17.7. The first-order valence-corrected chi connectivity index (χ1v) is 33.9. The summed E-state index contributed by atoms with van der Waals surface area (Å²) >= 11 is 0. The van der Waals surface area contributed by atoms with Crippen molar-refractivity contribution in [1.82, 2.24) is 0 Å². The Hall–Kier alpha value is -8.15. The van der Waals surface area contributed by atoms with Crippen LogP contribution in [0.2, 0.25) is 0 Å². The Bertz CT molecular complexity index is 4310. The third kappa shape index (κ3) is 21.2. The van der Waals surface area contributed by atoms with E-state index in [4.69, 9.17) is 9.60 Å². The van der Waals surface area contributed by atoms with E-state index < -0.39 is 25.0 Å². The van der Waals surface area contributed by atoms with Crippen LogP contribution in [0.3, 0.4) is 0 Å². The molecule has 0 saturated carbocycles. The third-order valence-corrected chi connectivity index (χ3v) is 17.7. The Morgan fingerprint density at radius 3 is 1.05 bits per heavy atom. The van der Waals surface area contributed by atoms with Gasteiger partial charge in [0.05, 0.1) is 0 Å². The van der Waals surface area contributed by atoms with Crippen LogP contribution in [0.1, 0.15) is 174 Å². The summed E-state index contributed by atoms with van der Waals surface area (Å²) in [5.74, 6) is 0.654. The van der Waals surface area contributed by atoms with Crippen LogP contribution in [0.25, 0.3) is 56.3 Å². The van der Waals surface area contributed by atoms with Gasteiger partial charge in [-0.3, -0.25) is 0 Å². The lowest BCUT2D eigenvalue weighted by atomic mass is 9.78. The summed E-state index contributed by atoms with van der Waals surface area (Å²) in [6, 6.07) is 60.2. The molecule has 0 unspecified atom stereocenters. The lowest BCUT2D eigenvalue weighted by Crippen LogP contribution is -2.34. The van der Waals surface area contributed by atoms with Gasteiger partial charge in [-0.15, -0.1) is 0 Å². The van der Waals surface area contributed by atoms with Gasteiger partial charge in [0, 0.05) is 95.6 Å². The molecule has 0 atom stereocenters. The Balaban J connectivity index is 0.000000200. The van der Waals surface area contributed by atoms with Gasteiger partial charge >= 0.3 is 0 Å². The molecule has 0 amide bonds. The van der Waals surface area contributed by atoms with Gasteiger partial charge in [-0.05, 0) is 190 Å². The van der Waals surface area contributed by atoms with Crippen molar-refractivity contribution in [3.8, 4) is 56.3 Å². The normalized spacial score (nSPS) is 12.9. The fourth-order valence-corrected chi connectivity index (χ4v) is 11.9. The van der Waals surface area contributed by atoms with E-state index in [2.05, 4.69) is 258 Å². The molecular weight excluding hydrogens is 1140 g/mol. The highest BCUT2D eigenvalue weighted by atomic mass is 14.9. The fraction of sp³-hybridized carbons (Fsp3) is 0.382. The predicted molar refractivity (Wildman–Crippen MR) is 401 cm³/mol. The Morgan fingerprint density at radius 2 is 0.713 bits per heavy atom. The first-order valence-electron chi connectivity index (χ1n) is 37.4. The molecular formula is C89H118N5+5. The Labute approximate surface area is 580 Å². The molecule has 5 heterocycles. The molecule has 5 nitrogen and oxygen atoms in total. The van der Waals surface area contributed by atoms with Crippen LogP contribution in [0.15, 0.2) is 207 Å². The van der Waals surface area contributed by atoms with E-state index in [9.17, 15) is 0 Å². The second kappa shape index (κ2) is 33.8. The van der Waals surface area contributed by atoms with E-state index >= 15 is 0 Å². The van der Waals surface area contributed by atoms with E-state index in [1.54, 1.807) is 12.1 Å². The minimum atomic E-state index is -2.11. The molecule has 494 valence electrons. The molecule has 5 aromatic heterocycles. The minimum Gasteiger partial charge on any atom is -0.201 e. The predicted octanol–water partition coefficient (Wildman–Crippen LogP) is 20.1. The van der Waals surface area contributed by atoms with Gasteiger partial charge in [-0.2, -0.15) is 0 Å². The van der Waals surface area contributed by atoms with E-state index in [0.717, 1.165) is 34.5 Å². The molecule has 0 N–H and O–H groups in total. The number of nitrogens with zero attached hydrogens (tertiary/aromatic N) is 5. The molecule has 0 aliphatic heterocycles. The van der Waals surface area contributed by atoms with E-state index in [1.807, 2.05) is 120 Å². The topological polar surface area (TPSA) is 19.4 Å². The van der Waals surface area contributed by atoms with Crippen LogP contribution in [0.5, 0.6) is 0 Å². The first kappa shape index (κ1) is 64.6. The standard InChI is InChI=1S/2C19H26N.3C17H22N/c1-14-7-9-17(15(2)11-14)18-10-8-16(13-20(18)6)12-19(3,4)5;1-6-19(4,7-2)16-12-13-18(20(5)14-16)17-11-9-8-10-15(17)3;1-13-8-6-7-9-15(13)16-11-10-14(12-18(16)5)17(2,3)4;2*1-13(2)11-15-9-10-17(18(4)12-15)16-8-6-5-7-14(16)3/h7-11,13H,12H2,1-6H3;8-14H,6-7H2,1-5H3;6-12H,1-5H3;2*5-10,12-13H,11H2,1-4H3/q5*+1/i1D3,12D2;;;11D2;. The number of aromatic nitrogens is 5. The molecule has 10 aromatic rings. The summed E-state index contributed by atoms with van der Waals surface area (Å²) in [5, 5.41) is 0. The van der Waals surface area contributed by atoms with Crippen LogP contribution in [0.4, 0.5) is 0 Å². The van der Waals surface area contributed by atoms with Crippen molar-refractivity contribution in [2.45, 2.75) is 174 Å². The van der Waals surface area contributed by atoms with Gasteiger partial charge in [0.15, 0.2) is 31.0 Å². The molecule has 0 bridgehead atoms. The van der Waals surface area contributed by atoms with Crippen LogP contribution in [-0.2, 0) is 65.2 Å². The maximum absolute atomic E-state index is 8.42. The quantitative estimate of drug-likeness (QED) is 0.103. The van der Waals surface area contributed by atoms with Crippen molar-refractivity contribution in [2.75, 3.05) is 0 Å². The highest BCUT2D eigenvalue weighted by Gasteiger charge is 2.27. The fourth-order valence-electron chi connectivity index (χ4n) is 11.9. The molecule has 0 aliphatic carbocycles. The molecule has 0 radical (unpaired) electrons. The van der Waals surface area contributed by atoms with E-state index in [-0.39, 0.29) is 16.7 Å². The summed E-state index contributed by atoms with van der Waals surface area (Å²) < 4.78 is 66.4. The van der Waals surface area contributed by atoms with Crippen molar-refractivity contribution in [1.29, 1.82) is 0 Å². The molecule has 0 spiro atoms. The zero-order valence-electron chi connectivity index (χ0n) is 68.6. The number of hydrogen-bond acceptors (Lipinski definition) is 0. The minimum absolute atomic E-state index is 0.0492. The number of benzene rings is 5. The van der Waals surface area contributed by atoms with Gasteiger partial charge in [0.1, 0.15) is 35.2 Å². The van der Waals surface area contributed by atoms with Gasteiger partial charge in [-0.1, -0.05) is 181 Å². The molecule has 0 fully saturated rings. The number of rotatable bonds is 13. The number of pyridine rings is 5. The highest BCUT2D eigenvalue weighted by molar-refractivity contribution is 5.64. The van der Waals surface area contributed by atoms with Crippen molar-refractivity contribution >= 4 is 0 Å². The summed E-state index contributed by atoms with van der Waals surface area (Å²) in [7, 11) is 10.3. The van der Waals surface area contributed by atoms with E-state index in [1.165, 1.54) is 91.1 Å². The zero-order valence-corrected chi connectivity index (χ0v) is 61.6. The van der Waals surface area contributed by atoms with Crippen molar-refractivity contribution in [3.63, 3.8) is 0 Å². The second-order valence-corrected chi connectivity index (χ2v) is 28.8. The van der Waals surface area contributed by atoms with Crippen LogP contribution in [0, 0.1) is 58.7 Å². The molecule has 94 heavy (non-hydrogen) atoms. The molecule has 10 rings (SSSR count). The largest absolute Gasteiger partial charge is 0.212 e. The van der Waals surface area contributed by atoms with E-state index in [0.29, 0.717) is 17.0 Å². The summed E-state index contributed by atoms with van der Waals surface area (Å²) in [4.78, 5) is 0. The maximum atomic E-state index is 8.42. The summed E-state index contributed by atoms with van der Waals surface area (Å²) in [6.07, 6.45) is 11.2. The lowest BCUT2D eigenvalue weighted by molar-refractivity contribution is -0.661. The molecule has 0 aliphatic rings. The van der Waals surface area contributed by atoms with Crippen LogP contribution in [-0.4, -0.2) is 0 Å². The van der Waals surface area contributed by atoms with Crippen molar-refractivity contribution in [2.24, 2.45) is 52.5 Å². The molecule has 0 saturated heterocycles. The average molecular weight is 1270 g/mol. The van der Waals surface area contributed by atoms with Crippen molar-refractivity contribution in [3.05, 3.63) is 268 Å². The number of aryl methyl sites for hydroxylation is 11.